The van der Waals surface area contributed by atoms with Gasteiger partial charge in [0.25, 0.3) is 0 Å². The maximum absolute atomic E-state index is 12.8. The quantitative estimate of drug-likeness (QED) is 0.924. The van der Waals surface area contributed by atoms with Crippen LogP contribution in [0.1, 0.15) is 22.9 Å². The van der Waals surface area contributed by atoms with Crippen molar-refractivity contribution in [3.63, 3.8) is 0 Å². The van der Waals surface area contributed by atoms with Crippen LogP contribution in [-0.4, -0.2) is 10.1 Å². The average Bonchev–Trinajstić information content (AvgIpc) is 2.39. The monoisotopic (exact) mass is 267 g/mol. The minimum atomic E-state index is -4.46. The summed E-state index contributed by atoms with van der Waals surface area (Å²) in [6, 6.07) is 10.8. The molecule has 0 saturated carbocycles. The van der Waals surface area contributed by atoms with Crippen molar-refractivity contribution < 1.29 is 18.3 Å². The maximum Gasteiger partial charge on any atom is 0.418 e. The molecule has 1 aromatic carbocycles. The van der Waals surface area contributed by atoms with Crippen LogP contribution in [0.5, 0.6) is 0 Å². The van der Waals surface area contributed by atoms with E-state index in [4.69, 9.17) is 0 Å². The highest BCUT2D eigenvalue weighted by Crippen LogP contribution is 2.32. The number of pyridine rings is 1. The zero-order valence-corrected chi connectivity index (χ0v) is 9.93. The summed E-state index contributed by atoms with van der Waals surface area (Å²) in [6.45, 7) is 0. The summed E-state index contributed by atoms with van der Waals surface area (Å²) in [5, 5.41) is 9.96. The van der Waals surface area contributed by atoms with Crippen molar-refractivity contribution in [3.8, 4) is 0 Å². The van der Waals surface area contributed by atoms with Crippen molar-refractivity contribution in [2.75, 3.05) is 0 Å². The Balaban J connectivity index is 2.25. The van der Waals surface area contributed by atoms with E-state index < -0.39 is 17.8 Å². The summed E-state index contributed by atoms with van der Waals surface area (Å²) in [7, 11) is 0. The molecule has 1 unspecified atom stereocenters. The van der Waals surface area contributed by atoms with E-state index in [-0.39, 0.29) is 12.1 Å². The second-order valence-corrected chi connectivity index (χ2v) is 4.13. The standard InChI is InChI=1S/C14H12F3NO/c15-14(16,17)11-7-4-8-18-12(11)9-13(19)10-5-2-1-3-6-10/h1-8,13,19H,9H2. The minimum absolute atomic E-state index is 0.147. The third kappa shape index (κ3) is 3.32. The van der Waals surface area contributed by atoms with Crippen molar-refractivity contribution in [2.45, 2.75) is 18.7 Å². The zero-order chi connectivity index (χ0) is 13.9. The van der Waals surface area contributed by atoms with E-state index in [2.05, 4.69) is 4.98 Å². The topological polar surface area (TPSA) is 33.1 Å². The van der Waals surface area contributed by atoms with Crippen LogP contribution in [0.3, 0.4) is 0 Å². The summed E-state index contributed by atoms with van der Waals surface area (Å²) < 4.78 is 38.3. The Labute approximate surface area is 108 Å². The maximum atomic E-state index is 12.8. The number of hydrogen-bond acceptors (Lipinski definition) is 2. The van der Waals surface area contributed by atoms with Crippen LogP contribution < -0.4 is 0 Å². The smallest absolute Gasteiger partial charge is 0.388 e. The first-order chi connectivity index (χ1) is 8.98. The fourth-order valence-corrected chi connectivity index (χ4v) is 1.83. The van der Waals surface area contributed by atoms with Gasteiger partial charge in [-0.2, -0.15) is 13.2 Å². The summed E-state index contributed by atoms with van der Waals surface area (Å²) in [4.78, 5) is 3.73. The van der Waals surface area contributed by atoms with Gasteiger partial charge in [-0.25, -0.2) is 0 Å². The number of hydrogen-bond donors (Lipinski definition) is 1. The minimum Gasteiger partial charge on any atom is -0.388 e. The Morgan fingerprint density at radius 1 is 1.05 bits per heavy atom. The van der Waals surface area contributed by atoms with Gasteiger partial charge < -0.3 is 5.11 Å². The fraction of sp³-hybridized carbons (Fsp3) is 0.214. The van der Waals surface area contributed by atoms with Crippen LogP contribution in [0.15, 0.2) is 48.7 Å². The first-order valence-electron chi connectivity index (χ1n) is 5.72. The third-order valence-corrected chi connectivity index (χ3v) is 2.77. The van der Waals surface area contributed by atoms with Crippen LogP contribution in [0.4, 0.5) is 13.2 Å². The van der Waals surface area contributed by atoms with Crippen molar-refractivity contribution in [2.24, 2.45) is 0 Å². The molecule has 0 aliphatic rings. The highest BCUT2D eigenvalue weighted by molar-refractivity contribution is 5.26. The molecule has 0 fully saturated rings. The third-order valence-electron chi connectivity index (χ3n) is 2.77. The zero-order valence-electron chi connectivity index (χ0n) is 9.93. The van der Waals surface area contributed by atoms with Crippen LogP contribution >= 0.6 is 0 Å². The largest absolute Gasteiger partial charge is 0.418 e. The molecule has 5 heteroatoms. The number of nitrogens with zero attached hydrogens (tertiary/aromatic N) is 1. The van der Waals surface area contributed by atoms with E-state index >= 15 is 0 Å². The fourth-order valence-electron chi connectivity index (χ4n) is 1.83. The predicted molar refractivity (Wildman–Crippen MR) is 64.3 cm³/mol. The van der Waals surface area contributed by atoms with Gasteiger partial charge in [-0.05, 0) is 17.7 Å². The molecule has 0 spiro atoms. The number of benzene rings is 1. The van der Waals surface area contributed by atoms with Gasteiger partial charge in [0.1, 0.15) is 0 Å². The summed E-state index contributed by atoms with van der Waals surface area (Å²) >= 11 is 0. The van der Waals surface area contributed by atoms with Gasteiger partial charge in [0.2, 0.25) is 0 Å². The number of aliphatic hydroxyl groups is 1. The lowest BCUT2D eigenvalue weighted by atomic mass is 10.0. The Morgan fingerprint density at radius 3 is 2.37 bits per heavy atom. The second-order valence-electron chi connectivity index (χ2n) is 4.13. The summed E-state index contributed by atoms with van der Waals surface area (Å²) in [6.07, 6.45) is -4.33. The highest BCUT2D eigenvalue weighted by atomic mass is 19.4. The molecule has 1 heterocycles. The highest BCUT2D eigenvalue weighted by Gasteiger charge is 2.34. The summed E-state index contributed by atoms with van der Waals surface area (Å²) in [5.74, 6) is 0. The molecule has 1 atom stereocenters. The van der Waals surface area contributed by atoms with Gasteiger partial charge in [0, 0.05) is 12.6 Å². The van der Waals surface area contributed by atoms with Crippen LogP contribution in [0.2, 0.25) is 0 Å². The van der Waals surface area contributed by atoms with Crippen molar-refractivity contribution in [1.82, 2.24) is 4.98 Å². The molecule has 0 amide bonds. The van der Waals surface area contributed by atoms with Crippen LogP contribution in [0.25, 0.3) is 0 Å². The first-order valence-corrected chi connectivity index (χ1v) is 5.72. The van der Waals surface area contributed by atoms with Gasteiger partial charge in [0.15, 0.2) is 0 Å². The van der Waals surface area contributed by atoms with Gasteiger partial charge in [-0.1, -0.05) is 30.3 Å². The van der Waals surface area contributed by atoms with E-state index in [1.807, 2.05) is 0 Å². The molecule has 1 aromatic heterocycles. The molecule has 100 valence electrons. The lowest BCUT2D eigenvalue weighted by Crippen LogP contribution is -2.13. The summed E-state index contributed by atoms with van der Waals surface area (Å²) in [5.41, 5.74) is -0.377. The van der Waals surface area contributed by atoms with E-state index in [1.165, 1.54) is 12.3 Å². The van der Waals surface area contributed by atoms with Gasteiger partial charge in [0.05, 0.1) is 17.4 Å². The average molecular weight is 267 g/mol. The normalized spacial score (nSPS) is 13.3. The van der Waals surface area contributed by atoms with Crippen LogP contribution in [-0.2, 0) is 12.6 Å². The Morgan fingerprint density at radius 2 is 1.74 bits per heavy atom. The van der Waals surface area contributed by atoms with Crippen molar-refractivity contribution >= 4 is 0 Å². The number of alkyl halides is 3. The molecule has 2 aromatic rings. The lowest BCUT2D eigenvalue weighted by molar-refractivity contribution is -0.138. The van der Waals surface area contributed by atoms with Gasteiger partial charge in [-0.3, -0.25) is 4.98 Å². The van der Waals surface area contributed by atoms with E-state index in [9.17, 15) is 18.3 Å². The number of aliphatic hydroxyl groups excluding tert-OH is 1. The lowest BCUT2D eigenvalue weighted by Gasteiger charge is -2.15. The molecule has 0 bridgehead atoms. The number of rotatable bonds is 3. The SMILES string of the molecule is OC(Cc1ncccc1C(F)(F)F)c1ccccc1. The molecule has 19 heavy (non-hydrogen) atoms. The molecule has 2 nitrogen and oxygen atoms in total. The molecule has 0 saturated heterocycles. The molecule has 0 aliphatic carbocycles. The first kappa shape index (κ1) is 13.5. The van der Waals surface area contributed by atoms with Crippen molar-refractivity contribution in [3.05, 3.63) is 65.5 Å². The Hall–Kier alpha value is -1.88. The molecular formula is C14H12F3NO. The predicted octanol–water partition coefficient (Wildman–Crippen LogP) is 3.38. The second kappa shape index (κ2) is 5.40. The van der Waals surface area contributed by atoms with E-state index in [0.717, 1.165) is 6.07 Å². The van der Waals surface area contributed by atoms with Crippen molar-refractivity contribution in [1.29, 1.82) is 0 Å². The Kier molecular flexibility index (Phi) is 3.85. The molecule has 0 aliphatic heterocycles. The van der Waals surface area contributed by atoms with Gasteiger partial charge in [-0.15, -0.1) is 0 Å². The van der Waals surface area contributed by atoms with Crippen LogP contribution in [0, 0.1) is 0 Å². The molecule has 1 N–H and O–H groups in total. The molecule has 2 rings (SSSR count). The molecule has 0 radical (unpaired) electrons. The van der Waals surface area contributed by atoms with E-state index in [0.29, 0.717) is 5.56 Å². The molecular weight excluding hydrogens is 255 g/mol. The number of aromatic nitrogens is 1. The van der Waals surface area contributed by atoms with Gasteiger partial charge >= 0.3 is 6.18 Å². The Bertz CT molecular complexity index is 540. The van der Waals surface area contributed by atoms with E-state index in [1.54, 1.807) is 30.3 Å². The number of halogens is 3.